The van der Waals surface area contributed by atoms with E-state index >= 15 is 0 Å². The molecule has 2 heterocycles. The number of rotatable bonds is 2. The Morgan fingerprint density at radius 2 is 2.18 bits per heavy atom. The van der Waals surface area contributed by atoms with Crippen LogP contribution < -0.4 is 5.73 Å². The third-order valence-corrected chi connectivity index (χ3v) is 7.29. The molecule has 6 heteroatoms. The summed E-state index contributed by atoms with van der Waals surface area (Å²) in [4.78, 5) is 15.2. The molecule has 4 atom stereocenters. The summed E-state index contributed by atoms with van der Waals surface area (Å²) in [5.74, 6) is 1.40. The van der Waals surface area contributed by atoms with Gasteiger partial charge in [-0.3, -0.25) is 4.79 Å². The monoisotopic (exact) mass is 348 g/mol. The lowest BCUT2D eigenvalue weighted by atomic mass is 9.46. The van der Waals surface area contributed by atoms with Gasteiger partial charge >= 0.3 is 0 Å². The van der Waals surface area contributed by atoms with E-state index in [-0.39, 0.29) is 35.8 Å². The van der Waals surface area contributed by atoms with Gasteiger partial charge in [0, 0.05) is 42.0 Å². The van der Waals surface area contributed by atoms with E-state index in [1.54, 1.807) is 0 Å². The number of hydrogen-bond donors (Lipinski definition) is 1. The summed E-state index contributed by atoms with van der Waals surface area (Å²) >= 11 is 1.98. The summed E-state index contributed by atoms with van der Waals surface area (Å²) in [5.41, 5.74) is 5.72. The van der Waals surface area contributed by atoms with E-state index in [1.165, 1.54) is 0 Å². The highest BCUT2D eigenvalue weighted by Gasteiger charge is 2.70. The normalized spacial score (nSPS) is 40.2. The highest BCUT2D eigenvalue weighted by molar-refractivity contribution is 8.00. The fourth-order valence-electron chi connectivity index (χ4n) is 4.42. The van der Waals surface area contributed by atoms with Crippen LogP contribution in [-0.2, 0) is 9.53 Å². The van der Waals surface area contributed by atoms with Gasteiger partial charge in [-0.1, -0.05) is 20.8 Å². The highest BCUT2D eigenvalue weighted by Crippen LogP contribution is 2.58. The fraction of sp³-hybridized carbons (Fsp3) is 0.938. The Hall–Kier alpha value is 0.0300. The number of carbonyl (C=O) groups is 1. The van der Waals surface area contributed by atoms with Crippen LogP contribution in [0.4, 0.5) is 0 Å². The Morgan fingerprint density at radius 3 is 2.86 bits per heavy atom. The van der Waals surface area contributed by atoms with Crippen molar-refractivity contribution in [3.05, 3.63) is 0 Å². The quantitative estimate of drug-likeness (QED) is 0.832. The fourth-order valence-corrected chi connectivity index (χ4v) is 5.60. The molecule has 0 radical (unpaired) electrons. The second-order valence-corrected chi connectivity index (χ2v) is 8.69. The van der Waals surface area contributed by atoms with Crippen molar-refractivity contribution in [2.45, 2.75) is 56.9 Å². The first-order chi connectivity index (χ1) is 9.92. The van der Waals surface area contributed by atoms with Crippen LogP contribution in [0.3, 0.4) is 0 Å². The summed E-state index contributed by atoms with van der Waals surface area (Å²) in [6.07, 6.45) is 3.32. The minimum absolute atomic E-state index is 0. The van der Waals surface area contributed by atoms with Crippen molar-refractivity contribution >= 4 is 30.1 Å². The average molecular weight is 349 g/mol. The van der Waals surface area contributed by atoms with Crippen molar-refractivity contribution in [3.63, 3.8) is 0 Å². The highest BCUT2D eigenvalue weighted by atomic mass is 35.5. The Balaban J connectivity index is 0.00000176. The number of carbonyl (C=O) groups excluding carboxylic acids is 1. The number of ether oxygens (including phenoxy) is 1. The van der Waals surface area contributed by atoms with Crippen LogP contribution in [0.5, 0.6) is 0 Å². The van der Waals surface area contributed by atoms with E-state index < -0.39 is 5.54 Å². The minimum Gasteiger partial charge on any atom is -0.377 e. The van der Waals surface area contributed by atoms with E-state index in [4.69, 9.17) is 10.5 Å². The zero-order chi connectivity index (χ0) is 15.3. The van der Waals surface area contributed by atoms with Crippen LogP contribution in [0.15, 0.2) is 0 Å². The van der Waals surface area contributed by atoms with Gasteiger partial charge in [-0.25, -0.2) is 0 Å². The lowest BCUT2D eigenvalue weighted by molar-refractivity contribution is -0.230. The Bertz CT molecular complexity index is 434. The van der Waals surface area contributed by atoms with Crippen LogP contribution in [-0.4, -0.2) is 53.1 Å². The predicted molar refractivity (Wildman–Crippen MR) is 93.5 cm³/mol. The zero-order valence-corrected chi connectivity index (χ0v) is 15.5. The Kier molecular flexibility index (Phi) is 5.43. The first-order valence-corrected chi connectivity index (χ1v) is 9.29. The van der Waals surface area contributed by atoms with Crippen LogP contribution in [0, 0.1) is 11.3 Å². The van der Waals surface area contributed by atoms with Crippen molar-refractivity contribution in [1.29, 1.82) is 0 Å². The SMILES string of the molecule is CCC1CN(C(=O)C2(N)C3CCCOC3C2(C)C)CCS1.Cl. The van der Waals surface area contributed by atoms with Gasteiger partial charge in [0.15, 0.2) is 0 Å². The number of amides is 1. The molecule has 4 unspecified atom stereocenters. The van der Waals surface area contributed by atoms with Crippen LogP contribution in [0.1, 0.15) is 40.0 Å². The van der Waals surface area contributed by atoms with E-state index in [1.807, 2.05) is 16.7 Å². The molecule has 4 nitrogen and oxygen atoms in total. The predicted octanol–water partition coefficient (Wildman–Crippen LogP) is 2.29. The lowest BCUT2D eigenvalue weighted by Gasteiger charge is -2.66. The largest absolute Gasteiger partial charge is 0.377 e. The average Bonchev–Trinajstić information content (AvgIpc) is 2.53. The van der Waals surface area contributed by atoms with Crippen molar-refractivity contribution in [3.8, 4) is 0 Å². The van der Waals surface area contributed by atoms with Crippen molar-refractivity contribution in [1.82, 2.24) is 4.90 Å². The number of thioether (sulfide) groups is 1. The molecule has 0 spiro atoms. The molecular weight excluding hydrogens is 320 g/mol. The van der Waals surface area contributed by atoms with Gasteiger partial charge in [-0.2, -0.15) is 11.8 Å². The van der Waals surface area contributed by atoms with E-state index in [2.05, 4.69) is 20.8 Å². The molecule has 0 aromatic rings. The Morgan fingerprint density at radius 1 is 1.45 bits per heavy atom. The molecule has 2 aliphatic heterocycles. The molecule has 1 saturated carbocycles. The Labute approximate surface area is 144 Å². The maximum Gasteiger partial charge on any atom is 0.243 e. The van der Waals surface area contributed by atoms with Gasteiger partial charge in [-0.05, 0) is 19.3 Å². The third kappa shape index (κ3) is 2.48. The van der Waals surface area contributed by atoms with Gasteiger partial charge in [0.05, 0.1) is 6.10 Å². The molecule has 3 rings (SSSR count). The van der Waals surface area contributed by atoms with E-state index in [0.717, 1.165) is 44.7 Å². The second kappa shape index (κ2) is 6.50. The van der Waals surface area contributed by atoms with Crippen LogP contribution in [0.25, 0.3) is 0 Å². The number of nitrogens with two attached hydrogens (primary N) is 1. The van der Waals surface area contributed by atoms with Gasteiger partial charge in [0.2, 0.25) is 5.91 Å². The summed E-state index contributed by atoms with van der Waals surface area (Å²) in [7, 11) is 0. The van der Waals surface area contributed by atoms with Gasteiger partial charge in [0.1, 0.15) is 5.54 Å². The minimum atomic E-state index is -0.738. The molecule has 0 bridgehead atoms. The van der Waals surface area contributed by atoms with Crippen molar-refractivity contribution < 1.29 is 9.53 Å². The molecule has 3 fully saturated rings. The van der Waals surface area contributed by atoms with E-state index in [9.17, 15) is 4.79 Å². The second-order valence-electron chi connectivity index (χ2n) is 7.28. The maximum absolute atomic E-state index is 13.2. The van der Waals surface area contributed by atoms with Crippen LogP contribution in [0.2, 0.25) is 0 Å². The molecule has 1 amide bonds. The molecule has 0 aromatic carbocycles. The van der Waals surface area contributed by atoms with Gasteiger partial charge < -0.3 is 15.4 Å². The summed E-state index contributed by atoms with van der Waals surface area (Å²) in [5, 5.41) is 0.563. The standard InChI is InChI=1S/C16H28N2O2S.ClH/c1-4-11-10-18(7-9-21-11)14(19)16(17)12-6-5-8-20-13(12)15(16,2)3;/h11-13H,4-10,17H2,1-3H3;1H. The lowest BCUT2D eigenvalue weighted by Crippen LogP contribution is -2.82. The zero-order valence-electron chi connectivity index (χ0n) is 13.8. The van der Waals surface area contributed by atoms with E-state index in [0.29, 0.717) is 5.25 Å². The number of nitrogens with zero attached hydrogens (tertiary/aromatic N) is 1. The molecule has 128 valence electrons. The molecule has 3 aliphatic rings. The summed E-state index contributed by atoms with van der Waals surface area (Å²) in [6.45, 7) is 8.91. The van der Waals surface area contributed by atoms with Crippen LogP contribution >= 0.6 is 24.2 Å². The van der Waals surface area contributed by atoms with Gasteiger partial charge in [-0.15, -0.1) is 12.4 Å². The summed E-state index contributed by atoms with van der Waals surface area (Å²) < 4.78 is 5.91. The topological polar surface area (TPSA) is 55.6 Å². The molecule has 2 saturated heterocycles. The number of fused-ring (bicyclic) bond motifs is 1. The molecule has 22 heavy (non-hydrogen) atoms. The molecule has 1 aliphatic carbocycles. The number of hydrogen-bond acceptors (Lipinski definition) is 4. The smallest absolute Gasteiger partial charge is 0.243 e. The van der Waals surface area contributed by atoms with Crippen molar-refractivity contribution in [2.24, 2.45) is 17.1 Å². The van der Waals surface area contributed by atoms with Crippen molar-refractivity contribution in [2.75, 3.05) is 25.4 Å². The van der Waals surface area contributed by atoms with Gasteiger partial charge in [0.25, 0.3) is 0 Å². The number of halogens is 1. The maximum atomic E-state index is 13.2. The first kappa shape index (κ1) is 18.4. The first-order valence-electron chi connectivity index (χ1n) is 8.24. The molecular formula is C16H29ClN2O2S. The summed E-state index contributed by atoms with van der Waals surface area (Å²) in [6, 6.07) is 0. The molecule has 0 aromatic heterocycles. The third-order valence-electron chi connectivity index (χ3n) is 5.92. The molecule has 2 N–H and O–H groups in total.